The number of pyridine rings is 1. The minimum absolute atomic E-state index is 0.196. The van der Waals surface area contributed by atoms with Crippen molar-refractivity contribution >= 4 is 28.5 Å². The van der Waals surface area contributed by atoms with E-state index in [9.17, 15) is 9.59 Å². The van der Waals surface area contributed by atoms with E-state index in [-0.39, 0.29) is 11.1 Å². The minimum Gasteiger partial charge on any atom is -0.497 e. The Kier molecular flexibility index (Phi) is 4.59. The maximum atomic E-state index is 13.6. The molecule has 0 radical (unpaired) electrons. The zero-order valence-electron chi connectivity index (χ0n) is 18.7. The standard InChI is InChI=1S/C23H20N6O4/c1-11-8-12(2)26-23(25-11)29-20-18(13(3)27-29)19-15(10-24-20)21(30)28(22(19)31)16-9-14(32-4)6-7-17(16)33-5/h6-10H,1-5H3. The summed E-state index contributed by atoms with van der Waals surface area (Å²) in [5.41, 5.74) is 3.22. The molecule has 4 aromatic rings. The largest absolute Gasteiger partial charge is 0.497 e. The number of nitrogens with zero attached hydrogens (tertiary/aromatic N) is 6. The van der Waals surface area contributed by atoms with Gasteiger partial charge in [0.25, 0.3) is 17.8 Å². The summed E-state index contributed by atoms with van der Waals surface area (Å²) < 4.78 is 12.2. The number of ether oxygens (including phenoxy) is 2. The molecule has 166 valence electrons. The molecule has 10 heteroatoms. The Morgan fingerprint density at radius 1 is 0.909 bits per heavy atom. The number of carbonyl (C=O) groups is 2. The molecule has 10 nitrogen and oxygen atoms in total. The summed E-state index contributed by atoms with van der Waals surface area (Å²) in [5.74, 6) is 0.219. The summed E-state index contributed by atoms with van der Waals surface area (Å²) >= 11 is 0. The van der Waals surface area contributed by atoms with E-state index in [0.29, 0.717) is 39.9 Å². The second-order valence-corrected chi connectivity index (χ2v) is 7.68. The van der Waals surface area contributed by atoms with Crippen LogP contribution in [-0.2, 0) is 0 Å². The van der Waals surface area contributed by atoms with Crippen molar-refractivity contribution in [1.82, 2.24) is 24.7 Å². The fourth-order valence-corrected chi connectivity index (χ4v) is 4.09. The predicted molar refractivity (Wildman–Crippen MR) is 119 cm³/mol. The van der Waals surface area contributed by atoms with Gasteiger partial charge in [-0.15, -0.1) is 0 Å². The minimum atomic E-state index is -0.495. The zero-order valence-corrected chi connectivity index (χ0v) is 18.7. The van der Waals surface area contributed by atoms with E-state index < -0.39 is 11.8 Å². The Morgan fingerprint density at radius 2 is 1.64 bits per heavy atom. The van der Waals surface area contributed by atoms with Crippen LogP contribution in [-0.4, -0.2) is 50.8 Å². The fourth-order valence-electron chi connectivity index (χ4n) is 4.09. The Labute approximate surface area is 188 Å². The monoisotopic (exact) mass is 444 g/mol. The van der Waals surface area contributed by atoms with Gasteiger partial charge in [0.05, 0.1) is 42.1 Å². The van der Waals surface area contributed by atoms with E-state index in [1.165, 1.54) is 25.1 Å². The third kappa shape index (κ3) is 3.02. The summed E-state index contributed by atoms with van der Waals surface area (Å²) in [4.78, 5) is 41.4. The van der Waals surface area contributed by atoms with Crippen molar-refractivity contribution in [3.63, 3.8) is 0 Å². The number of hydrogen-bond acceptors (Lipinski definition) is 8. The first-order chi connectivity index (χ1) is 15.8. The predicted octanol–water partition coefficient (Wildman–Crippen LogP) is 2.95. The molecular formula is C23H20N6O4. The Bertz CT molecular complexity index is 1460. The fraction of sp³-hybridized carbons (Fsp3) is 0.217. The van der Waals surface area contributed by atoms with Crippen LogP contribution < -0.4 is 14.4 Å². The number of fused-ring (bicyclic) bond motifs is 3. The van der Waals surface area contributed by atoms with Gasteiger partial charge >= 0.3 is 0 Å². The van der Waals surface area contributed by atoms with Gasteiger partial charge in [-0.1, -0.05) is 0 Å². The lowest BCUT2D eigenvalue weighted by atomic mass is 10.1. The topological polar surface area (TPSA) is 112 Å². The number of aryl methyl sites for hydroxylation is 3. The van der Waals surface area contributed by atoms with Crippen molar-refractivity contribution in [2.45, 2.75) is 20.8 Å². The molecule has 0 N–H and O–H groups in total. The molecule has 0 spiro atoms. The van der Waals surface area contributed by atoms with Gasteiger partial charge in [-0.05, 0) is 39.0 Å². The van der Waals surface area contributed by atoms with Gasteiger partial charge in [0.2, 0.25) is 0 Å². The summed E-state index contributed by atoms with van der Waals surface area (Å²) in [6.07, 6.45) is 1.39. The van der Waals surface area contributed by atoms with Crippen LogP contribution in [0.4, 0.5) is 5.69 Å². The van der Waals surface area contributed by atoms with Crippen molar-refractivity contribution in [2.75, 3.05) is 19.1 Å². The first-order valence-corrected chi connectivity index (χ1v) is 10.2. The second-order valence-electron chi connectivity index (χ2n) is 7.68. The number of benzene rings is 1. The van der Waals surface area contributed by atoms with E-state index in [2.05, 4.69) is 20.1 Å². The average molecular weight is 444 g/mol. The second kappa shape index (κ2) is 7.37. The molecule has 0 unspecified atom stereocenters. The summed E-state index contributed by atoms with van der Waals surface area (Å²) in [7, 11) is 2.98. The lowest BCUT2D eigenvalue weighted by molar-refractivity contribution is 0.0925. The third-order valence-electron chi connectivity index (χ3n) is 5.51. The molecule has 2 amide bonds. The number of rotatable bonds is 4. The quantitative estimate of drug-likeness (QED) is 0.442. The van der Waals surface area contributed by atoms with Crippen molar-refractivity contribution < 1.29 is 19.1 Å². The van der Waals surface area contributed by atoms with Crippen molar-refractivity contribution in [2.24, 2.45) is 0 Å². The molecule has 33 heavy (non-hydrogen) atoms. The van der Waals surface area contributed by atoms with Crippen LogP contribution in [0, 0.1) is 20.8 Å². The van der Waals surface area contributed by atoms with E-state index >= 15 is 0 Å². The molecule has 0 saturated heterocycles. The van der Waals surface area contributed by atoms with Gasteiger partial charge in [-0.25, -0.2) is 19.9 Å². The lowest BCUT2D eigenvalue weighted by Gasteiger charge is -2.18. The van der Waals surface area contributed by atoms with Gasteiger partial charge in [0.15, 0.2) is 5.65 Å². The molecule has 0 atom stereocenters. The number of anilines is 1. The first kappa shape index (κ1) is 20.6. The highest BCUT2D eigenvalue weighted by molar-refractivity contribution is 6.37. The normalized spacial score (nSPS) is 13.1. The van der Waals surface area contributed by atoms with E-state index in [0.717, 1.165) is 16.3 Å². The number of aromatic nitrogens is 5. The van der Waals surface area contributed by atoms with Crippen LogP contribution in [0.25, 0.3) is 17.0 Å². The summed E-state index contributed by atoms with van der Waals surface area (Å²) in [6, 6.07) is 6.78. The van der Waals surface area contributed by atoms with Gasteiger partial charge in [0.1, 0.15) is 11.5 Å². The molecule has 0 aliphatic carbocycles. The van der Waals surface area contributed by atoms with Crippen molar-refractivity contribution in [3.8, 4) is 17.4 Å². The van der Waals surface area contributed by atoms with Crippen LogP contribution in [0.15, 0.2) is 30.5 Å². The smallest absolute Gasteiger partial charge is 0.267 e. The number of methoxy groups -OCH3 is 2. The molecule has 0 bridgehead atoms. The number of amides is 2. The van der Waals surface area contributed by atoms with E-state index in [4.69, 9.17) is 9.47 Å². The highest BCUT2D eigenvalue weighted by Gasteiger charge is 2.41. The van der Waals surface area contributed by atoms with Gasteiger partial charge < -0.3 is 9.47 Å². The molecule has 1 aromatic carbocycles. The maximum absolute atomic E-state index is 13.6. The summed E-state index contributed by atoms with van der Waals surface area (Å²) in [5, 5.41) is 5.02. The van der Waals surface area contributed by atoms with Crippen molar-refractivity contribution in [3.05, 3.63) is 58.7 Å². The van der Waals surface area contributed by atoms with Crippen molar-refractivity contribution in [1.29, 1.82) is 0 Å². The molecule has 0 fully saturated rings. The molecule has 3 aromatic heterocycles. The summed E-state index contributed by atoms with van der Waals surface area (Å²) in [6.45, 7) is 5.49. The molecule has 1 aliphatic heterocycles. The Hall–Kier alpha value is -4.34. The molecular weight excluding hydrogens is 424 g/mol. The van der Waals surface area contributed by atoms with E-state index in [1.54, 1.807) is 25.1 Å². The Morgan fingerprint density at radius 3 is 2.30 bits per heavy atom. The van der Waals surface area contributed by atoms with Crippen LogP contribution in [0.5, 0.6) is 11.5 Å². The number of carbonyl (C=O) groups excluding carboxylic acids is 2. The number of imide groups is 1. The van der Waals surface area contributed by atoms with Crippen LogP contribution in [0.1, 0.15) is 37.8 Å². The van der Waals surface area contributed by atoms with Crippen LogP contribution in [0.2, 0.25) is 0 Å². The van der Waals surface area contributed by atoms with Crippen LogP contribution >= 0.6 is 0 Å². The average Bonchev–Trinajstić information content (AvgIpc) is 3.26. The zero-order chi connectivity index (χ0) is 23.4. The molecule has 5 rings (SSSR count). The lowest BCUT2D eigenvalue weighted by Crippen LogP contribution is -2.29. The first-order valence-electron chi connectivity index (χ1n) is 10.2. The van der Waals surface area contributed by atoms with Crippen LogP contribution in [0.3, 0.4) is 0 Å². The van der Waals surface area contributed by atoms with Gasteiger partial charge in [-0.2, -0.15) is 9.78 Å². The van der Waals surface area contributed by atoms with Gasteiger partial charge in [-0.3, -0.25) is 9.59 Å². The third-order valence-corrected chi connectivity index (χ3v) is 5.51. The SMILES string of the molecule is COc1ccc(OC)c(N2C(=O)c3cnc4c(c(C)nn4-c4nc(C)cc(C)n4)c3C2=O)c1. The number of hydrogen-bond donors (Lipinski definition) is 0. The molecule has 1 aliphatic rings. The van der Waals surface area contributed by atoms with Gasteiger partial charge in [0, 0.05) is 23.7 Å². The maximum Gasteiger partial charge on any atom is 0.267 e. The van der Waals surface area contributed by atoms with E-state index in [1.807, 2.05) is 19.9 Å². The highest BCUT2D eigenvalue weighted by atomic mass is 16.5. The molecule has 0 saturated carbocycles. The molecule has 4 heterocycles. The Balaban J connectivity index is 1.71. The highest BCUT2D eigenvalue weighted by Crippen LogP contribution is 2.39.